The number of Topliss-reactive ketones (excluding diaryl/α,β-unsaturated/α-hetero) is 1. The summed E-state index contributed by atoms with van der Waals surface area (Å²) >= 11 is 4.56. The van der Waals surface area contributed by atoms with Gasteiger partial charge in [-0.1, -0.05) is 0 Å². The minimum atomic E-state index is -1.75. The fourth-order valence-electron chi connectivity index (χ4n) is 5.08. The van der Waals surface area contributed by atoms with E-state index >= 15 is 0 Å². The van der Waals surface area contributed by atoms with Crippen LogP contribution in [0.5, 0.6) is 5.75 Å². The number of aryl methyl sites for hydroxylation is 1. The zero-order valence-electron chi connectivity index (χ0n) is 18.6. The smallest absolute Gasteiger partial charge is 0.355 e. The zero-order chi connectivity index (χ0) is 24.4. The second-order valence-corrected chi connectivity index (χ2v) is 10.4. The first-order chi connectivity index (χ1) is 15.6. The number of aldehydes is 1. The molecule has 0 saturated carbocycles. The predicted octanol–water partition coefficient (Wildman–Crippen LogP) is 3.24. The molecule has 0 saturated heterocycles. The molecule has 0 fully saturated rings. The number of carbonyl (C=O) groups is 4. The number of carbonyl (C=O) groups excluding carboxylic acids is 4. The van der Waals surface area contributed by atoms with Crippen molar-refractivity contribution in [2.75, 3.05) is 14.2 Å². The van der Waals surface area contributed by atoms with Crippen molar-refractivity contribution in [2.45, 2.75) is 32.6 Å². The van der Waals surface area contributed by atoms with E-state index < -0.39 is 34.4 Å². The molecule has 8 nitrogen and oxygen atoms in total. The monoisotopic (exact) mass is 535 g/mol. The number of phenols is 1. The van der Waals surface area contributed by atoms with E-state index in [4.69, 9.17) is 9.47 Å². The Morgan fingerprint density at radius 2 is 1.88 bits per heavy atom. The van der Waals surface area contributed by atoms with Crippen LogP contribution in [0.15, 0.2) is 32.4 Å². The maximum atomic E-state index is 14.1. The summed E-state index contributed by atoms with van der Waals surface area (Å²) in [5, 5.41) is 9.96. The van der Waals surface area contributed by atoms with Gasteiger partial charge in [0, 0.05) is 16.5 Å². The fourth-order valence-corrected chi connectivity index (χ4v) is 7.11. The Hall–Kier alpha value is -2.59. The highest BCUT2D eigenvalue weighted by atomic mass is 79.9. The molecule has 2 unspecified atom stereocenters. The minimum absolute atomic E-state index is 0.0334. The first-order valence-corrected chi connectivity index (χ1v) is 11.8. The molecule has 1 aliphatic carbocycles. The van der Waals surface area contributed by atoms with E-state index in [2.05, 4.69) is 15.9 Å². The normalized spacial score (nSPS) is 26.0. The van der Waals surface area contributed by atoms with Crippen molar-refractivity contribution >= 4 is 51.7 Å². The van der Waals surface area contributed by atoms with Crippen molar-refractivity contribution in [1.29, 1.82) is 0 Å². The van der Waals surface area contributed by atoms with Crippen molar-refractivity contribution in [3.05, 3.63) is 49.1 Å². The third kappa shape index (κ3) is 2.96. The number of nitrogens with zero attached hydrogens (tertiary/aromatic N) is 1. The number of aromatic hydroxyl groups is 1. The average molecular weight is 536 g/mol. The van der Waals surface area contributed by atoms with Gasteiger partial charge in [0.25, 0.3) is 0 Å². The van der Waals surface area contributed by atoms with Crippen LogP contribution in [-0.4, -0.2) is 53.6 Å². The molecule has 174 valence electrons. The molecule has 0 aromatic heterocycles. The number of allylic oxidation sites excluding steroid dienone is 2. The topological polar surface area (TPSA) is 110 Å². The lowest BCUT2D eigenvalue weighted by atomic mass is 9.58. The summed E-state index contributed by atoms with van der Waals surface area (Å²) in [5.74, 6) is -3.41. The van der Waals surface area contributed by atoms with Crippen molar-refractivity contribution in [2.24, 2.45) is 11.3 Å². The average Bonchev–Trinajstić information content (AvgIpc) is 3.09. The van der Waals surface area contributed by atoms with Crippen molar-refractivity contribution in [3.8, 4) is 5.75 Å². The molecule has 0 amide bonds. The van der Waals surface area contributed by atoms with Crippen LogP contribution in [0.25, 0.3) is 0 Å². The summed E-state index contributed by atoms with van der Waals surface area (Å²) in [6, 6.07) is 1.67. The van der Waals surface area contributed by atoms with E-state index in [1.54, 1.807) is 19.9 Å². The Balaban J connectivity index is 2.14. The molecule has 3 atom stereocenters. The van der Waals surface area contributed by atoms with Gasteiger partial charge < -0.3 is 24.3 Å². The van der Waals surface area contributed by atoms with Crippen molar-refractivity contribution in [3.63, 3.8) is 0 Å². The number of ether oxygens (including phenoxy) is 2. The number of esters is 2. The molecule has 1 aromatic carbocycles. The van der Waals surface area contributed by atoms with E-state index in [1.165, 1.54) is 30.9 Å². The number of fused-ring (bicyclic) bond motifs is 4. The van der Waals surface area contributed by atoms with Gasteiger partial charge in [0.15, 0.2) is 5.78 Å². The molecular formula is C23H22BrNO7S. The molecule has 4 rings (SSSR count). The van der Waals surface area contributed by atoms with E-state index in [-0.39, 0.29) is 29.0 Å². The van der Waals surface area contributed by atoms with Crippen LogP contribution in [-0.2, 0) is 30.3 Å². The maximum Gasteiger partial charge on any atom is 0.355 e. The van der Waals surface area contributed by atoms with Crippen LogP contribution >= 0.6 is 27.7 Å². The Labute approximate surface area is 203 Å². The predicted molar refractivity (Wildman–Crippen MR) is 123 cm³/mol. The molecule has 10 heteroatoms. The van der Waals surface area contributed by atoms with Gasteiger partial charge in [-0.25, -0.2) is 9.59 Å². The largest absolute Gasteiger partial charge is 0.506 e. The first kappa shape index (κ1) is 23.6. The minimum Gasteiger partial charge on any atom is -0.506 e. The van der Waals surface area contributed by atoms with Crippen LogP contribution in [0.3, 0.4) is 0 Å². The van der Waals surface area contributed by atoms with Gasteiger partial charge in [-0.2, -0.15) is 0 Å². The van der Waals surface area contributed by atoms with E-state index in [1.807, 2.05) is 6.92 Å². The third-order valence-corrected chi connectivity index (χ3v) is 8.89. The zero-order valence-corrected chi connectivity index (χ0v) is 21.0. The number of methoxy groups -OCH3 is 2. The highest BCUT2D eigenvalue weighted by molar-refractivity contribution is 9.10. The fraction of sp³-hybridized carbons (Fsp3) is 0.391. The molecule has 3 aliphatic rings. The lowest BCUT2D eigenvalue weighted by Crippen LogP contribution is -2.61. The number of phenolic OH excluding ortho intramolecular Hbond substituents is 1. The highest BCUT2D eigenvalue weighted by Crippen LogP contribution is 2.60. The van der Waals surface area contributed by atoms with E-state index in [9.17, 15) is 24.3 Å². The first-order valence-electron chi connectivity index (χ1n) is 10.1. The molecular weight excluding hydrogens is 514 g/mol. The number of thioether (sulfide) groups is 1. The molecule has 2 aliphatic heterocycles. The van der Waals surface area contributed by atoms with Crippen LogP contribution in [0.4, 0.5) is 0 Å². The van der Waals surface area contributed by atoms with Crippen LogP contribution in [0.1, 0.15) is 35.3 Å². The van der Waals surface area contributed by atoms with E-state index in [0.29, 0.717) is 27.6 Å². The Kier molecular flexibility index (Phi) is 5.73. The quantitative estimate of drug-likeness (QED) is 0.354. The SMILES string of the molecule is COC(=O)C1=C(C(=O)OC)N2C(C)=C(C)SC2C2(C=O)C(=O)c3c(O)c(Br)cc(C)c3C[C@H]12. The molecule has 2 heterocycles. The van der Waals surface area contributed by atoms with Gasteiger partial charge in [-0.15, -0.1) is 11.8 Å². The Morgan fingerprint density at radius 1 is 1.24 bits per heavy atom. The van der Waals surface area contributed by atoms with Gasteiger partial charge in [0.05, 0.1) is 29.8 Å². The van der Waals surface area contributed by atoms with Gasteiger partial charge >= 0.3 is 11.9 Å². The number of benzene rings is 1. The Bertz CT molecular complexity index is 1200. The van der Waals surface area contributed by atoms with Crippen LogP contribution in [0, 0.1) is 18.3 Å². The van der Waals surface area contributed by atoms with E-state index in [0.717, 1.165) is 4.91 Å². The number of rotatable bonds is 3. The second-order valence-electron chi connectivity index (χ2n) is 8.24. The summed E-state index contributed by atoms with van der Waals surface area (Å²) in [6.45, 7) is 5.35. The third-order valence-electron chi connectivity index (χ3n) is 6.82. The molecule has 1 N–H and O–H groups in total. The number of ketones is 1. The van der Waals surface area contributed by atoms with Crippen molar-refractivity contribution in [1.82, 2.24) is 4.90 Å². The summed E-state index contributed by atoms with van der Waals surface area (Å²) in [6.07, 6.45) is 0.645. The lowest BCUT2D eigenvalue weighted by molar-refractivity contribution is -0.143. The highest BCUT2D eigenvalue weighted by Gasteiger charge is 2.65. The molecule has 0 spiro atoms. The number of hydrogen-bond acceptors (Lipinski definition) is 9. The molecule has 0 bridgehead atoms. The van der Waals surface area contributed by atoms with Gasteiger partial charge in [0.2, 0.25) is 0 Å². The summed E-state index contributed by atoms with van der Waals surface area (Å²) in [4.78, 5) is 55.4. The van der Waals surface area contributed by atoms with Gasteiger partial charge in [0.1, 0.15) is 28.5 Å². The summed E-state index contributed by atoms with van der Waals surface area (Å²) in [7, 11) is 2.38. The molecule has 1 aromatic rings. The summed E-state index contributed by atoms with van der Waals surface area (Å²) in [5.41, 5.74) is 0.0446. The molecule has 33 heavy (non-hydrogen) atoms. The standard InChI is InChI=1S/C23H22BrNO7S/c1-9-6-14(24)18(27)15-12(9)7-13-16(20(29)31-4)17(21(30)32-5)25-10(2)11(3)33-22(25)23(13,8-26)19(15)28/h6,8,13,22,27H,7H2,1-5H3/t13-,22?,23?/m1/s1. The number of hydrogen-bond donors (Lipinski definition) is 1. The Morgan fingerprint density at radius 3 is 2.45 bits per heavy atom. The summed E-state index contributed by atoms with van der Waals surface area (Å²) < 4.78 is 10.4. The maximum absolute atomic E-state index is 14.1. The second kappa shape index (κ2) is 8.02. The van der Waals surface area contributed by atoms with Crippen LogP contribution < -0.4 is 0 Å². The van der Waals surface area contributed by atoms with Gasteiger partial charge in [-0.05, 0) is 60.3 Å². The van der Waals surface area contributed by atoms with Crippen molar-refractivity contribution < 1.29 is 33.8 Å². The van der Waals surface area contributed by atoms with Crippen LogP contribution in [0.2, 0.25) is 0 Å². The number of halogens is 1. The van der Waals surface area contributed by atoms with Gasteiger partial charge in [-0.3, -0.25) is 4.79 Å². The molecule has 0 radical (unpaired) electrons. The lowest BCUT2D eigenvalue weighted by Gasteiger charge is -2.51.